The van der Waals surface area contributed by atoms with Crippen LogP contribution in [-0.2, 0) is 9.53 Å². The van der Waals surface area contributed by atoms with Crippen molar-refractivity contribution in [2.45, 2.75) is 57.2 Å². The van der Waals surface area contributed by atoms with Crippen molar-refractivity contribution in [2.24, 2.45) is 11.7 Å². The fourth-order valence-corrected chi connectivity index (χ4v) is 2.60. The number of nitrogens with two attached hydrogens (primary N) is 1. The second-order valence-corrected chi connectivity index (χ2v) is 5.65. The van der Waals surface area contributed by atoms with Crippen LogP contribution in [0.4, 0.5) is 0 Å². The number of hydrogen-bond donors (Lipinski definition) is 3. The minimum Gasteiger partial charge on any atom is -0.388 e. The zero-order chi connectivity index (χ0) is 14.3. The Morgan fingerprint density at radius 2 is 2.16 bits per heavy atom. The number of carbonyl (C=O) groups excluding carboxylic acids is 1. The Kier molecular flexibility index (Phi) is 6.75. The third-order valence-electron chi connectivity index (χ3n) is 4.24. The Morgan fingerprint density at radius 3 is 2.63 bits per heavy atom. The van der Waals surface area contributed by atoms with Crippen LogP contribution in [0, 0.1) is 5.92 Å². The van der Waals surface area contributed by atoms with Gasteiger partial charge in [-0.15, -0.1) is 0 Å². The van der Waals surface area contributed by atoms with E-state index in [-0.39, 0.29) is 18.4 Å². The highest BCUT2D eigenvalue weighted by atomic mass is 16.5. The first kappa shape index (κ1) is 16.4. The van der Waals surface area contributed by atoms with Gasteiger partial charge in [0, 0.05) is 20.2 Å². The number of amides is 1. The predicted molar refractivity (Wildman–Crippen MR) is 74.7 cm³/mol. The third kappa shape index (κ3) is 5.47. The van der Waals surface area contributed by atoms with E-state index in [2.05, 4.69) is 12.2 Å². The van der Waals surface area contributed by atoms with E-state index in [9.17, 15) is 9.90 Å². The molecule has 1 aliphatic rings. The molecule has 0 bridgehead atoms. The molecule has 1 fully saturated rings. The summed E-state index contributed by atoms with van der Waals surface area (Å²) in [6.07, 6.45) is 4.83. The van der Waals surface area contributed by atoms with Gasteiger partial charge in [0.25, 0.3) is 0 Å². The zero-order valence-corrected chi connectivity index (χ0v) is 12.2. The average molecular weight is 272 g/mol. The van der Waals surface area contributed by atoms with Crippen molar-refractivity contribution < 1.29 is 14.6 Å². The SMILES string of the molecule is CCC1CCC(O)(CNC(=O)CC(CN)OC)CC1. The fraction of sp³-hybridized carbons (Fsp3) is 0.929. The van der Waals surface area contributed by atoms with Crippen LogP contribution in [0.15, 0.2) is 0 Å². The number of aliphatic hydroxyl groups is 1. The standard InChI is InChI=1S/C14H28N2O3/c1-3-11-4-6-14(18,7-5-11)10-16-13(17)8-12(9-15)19-2/h11-12,18H,3-10,15H2,1-2H3,(H,16,17). The van der Waals surface area contributed by atoms with Gasteiger partial charge in [0.2, 0.25) is 5.91 Å². The summed E-state index contributed by atoms with van der Waals surface area (Å²) >= 11 is 0. The van der Waals surface area contributed by atoms with Crippen LogP contribution in [0.5, 0.6) is 0 Å². The average Bonchev–Trinajstić information content (AvgIpc) is 2.43. The molecule has 0 saturated heterocycles. The molecule has 0 spiro atoms. The monoisotopic (exact) mass is 272 g/mol. The summed E-state index contributed by atoms with van der Waals surface area (Å²) in [4.78, 5) is 11.7. The molecule has 4 N–H and O–H groups in total. The maximum Gasteiger partial charge on any atom is 0.222 e. The van der Waals surface area contributed by atoms with Gasteiger partial charge in [-0.25, -0.2) is 0 Å². The van der Waals surface area contributed by atoms with Crippen molar-refractivity contribution in [2.75, 3.05) is 20.2 Å². The van der Waals surface area contributed by atoms with Crippen LogP contribution in [0.1, 0.15) is 45.4 Å². The van der Waals surface area contributed by atoms with E-state index in [1.807, 2.05) is 0 Å². The lowest BCUT2D eigenvalue weighted by atomic mass is 9.78. The van der Waals surface area contributed by atoms with E-state index in [0.717, 1.165) is 31.6 Å². The van der Waals surface area contributed by atoms with Crippen molar-refractivity contribution in [3.63, 3.8) is 0 Å². The quantitative estimate of drug-likeness (QED) is 0.640. The first-order valence-corrected chi connectivity index (χ1v) is 7.25. The topological polar surface area (TPSA) is 84.6 Å². The molecule has 1 saturated carbocycles. The molecule has 0 aromatic rings. The van der Waals surface area contributed by atoms with Crippen molar-refractivity contribution >= 4 is 5.91 Å². The summed E-state index contributed by atoms with van der Waals surface area (Å²) in [5, 5.41) is 13.2. The molecule has 112 valence electrons. The summed E-state index contributed by atoms with van der Waals surface area (Å²) in [6.45, 7) is 2.85. The number of rotatable bonds is 7. The minimum atomic E-state index is -0.730. The van der Waals surface area contributed by atoms with Gasteiger partial charge in [-0.3, -0.25) is 4.79 Å². The summed E-state index contributed by atoms with van der Waals surface area (Å²) in [5.41, 5.74) is 4.74. The van der Waals surface area contributed by atoms with E-state index in [1.165, 1.54) is 6.42 Å². The van der Waals surface area contributed by atoms with Gasteiger partial charge in [-0.2, -0.15) is 0 Å². The lowest BCUT2D eigenvalue weighted by Gasteiger charge is -2.36. The fourth-order valence-electron chi connectivity index (χ4n) is 2.60. The zero-order valence-electron chi connectivity index (χ0n) is 12.2. The van der Waals surface area contributed by atoms with Crippen molar-refractivity contribution in [1.29, 1.82) is 0 Å². The molecular formula is C14H28N2O3. The Bertz CT molecular complexity index is 272. The summed E-state index contributed by atoms with van der Waals surface area (Å²) in [6, 6.07) is 0. The number of nitrogens with one attached hydrogen (secondary N) is 1. The van der Waals surface area contributed by atoms with Crippen LogP contribution in [-0.4, -0.2) is 42.9 Å². The largest absolute Gasteiger partial charge is 0.388 e. The molecule has 0 aromatic heterocycles. The van der Waals surface area contributed by atoms with E-state index >= 15 is 0 Å². The van der Waals surface area contributed by atoms with Crippen LogP contribution in [0.25, 0.3) is 0 Å². The molecule has 1 atom stereocenters. The molecule has 0 heterocycles. The molecular weight excluding hydrogens is 244 g/mol. The van der Waals surface area contributed by atoms with E-state index in [1.54, 1.807) is 7.11 Å². The van der Waals surface area contributed by atoms with Gasteiger partial charge < -0.3 is 20.9 Å². The van der Waals surface area contributed by atoms with E-state index in [0.29, 0.717) is 13.1 Å². The number of ether oxygens (including phenoxy) is 1. The molecule has 5 nitrogen and oxygen atoms in total. The molecule has 1 aliphatic carbocycles. The number of carbonyl (C=O) groups is 1. The molecule has 5 heteroatoms. The Hall–Kier alpha value is -0.650. The lowest BCUT2D eigenvalue weighted by molar-refractivity contribution is -0.125. The predicted octanol–water partition coefficient (Wildman–Crippen LogP) is 0.798. The van der Waals surface area contributed by atoms with Crippen LogP contribution in [0.2, 0.25) is 0 Å². The van der Waals surface area contributed by atoms with Gasteiger partial charge in [0.05, 0.1) is 18.1 Å². The van der Waals surface area contributed by atoms with Crippen molar-refractivity contribution in [3.05, 3.63) is 0 Å². The van der Waals surface area contributed by atoms with Gasteiger partial charge in [0.1, 0.15) is 0 Å². The highest BCUT2D eigenvalue weighted by Crippen LogP contribution is 2.33. The lowest BCUT2D eigenvalue weighted by Crippen LogP contribution is -2.46. The molecule has 19 heavy (non-hydrogen) atoms. The first-order chi connectivity index (χ1) is 9.03. The third-order valence-corrected chi connectivity index (χ3v) is 4.24. The molecule has 1 unspecified atom stereocenters. The second-order valence-electron chi connectivity index (χ2n) is 5.65. The second kappa shape index (κ2) is 7.82. The molecule has 1 rings (SSSR count). The van der Waals surface area contributed by atoms with Crippen molar-refractivity contribution in [3.8, 4) is 0 Å². The molecule has 0 aromatic carbocycles. The van der Waals surface area contributed by atoms with Crippen LogP contribution >= 0.6 is 0 Å². The van der Waals surface area contributed by atoms with E-state index < -0.39 is 5.60 Å². The first-order valence-electron chi connectivity index (χ1n) is 7.25. The Morgan fingerprint density at radius 1 is 1.53 bits per heavy atom. The van der Waals surface area contributed by atoms with Gasteiger partial charge in [-0.05, 0) is 31.6 Å². The highest BCUT2D eigenvalue weighted by Gasteiger charge is 2.32. The molecule has 0 radical (unpaired) electrons. The Balaban J connectivity index is 2.29. The molecule has 1 amide bonds. The summed E-state index contributed by atoms with van der Waals surface area (Å²) in [7, 11) is 1.55. The minimum absolute atomic E-state index is 0.108. The van der Waals surface area contributed by atoms with Gasteiger partial charge >= 0.3 is 0 Å². The van der Waals surface area contributed by atoms with E-state index in [4.69, 9.17) is 10.5 Å². The number of hydrogen-bond acceptors (Lipinski definition) is 4. The molecule has 0 aliphatic heterocycles. The van der Waals surface area contributed by atoms with Gasteiger partial charge in [0.15, 0.2) is 0 Å². The summed E-state index contributed by atoms with van der Waals surface area (Å²) in [5.74, 6) is 0.620. The number of methoxy groups -OCH3 is 1. The smallest absolute Gasteiger partial charge is 0.222 e. The maximum atomic E-state index is 11.7. The van der Waals surface area contributed by atoms with Crippen molar-refractivity contribution in [1.82, 2.24) is 5.32 Å². The summed E-state index contributed by atoms with van der Waals surface area (Å²) < 4.78 is 5.07. The normalized spacial score (nSPS) is 28.9. The van der Waals surface area contributed by atoms with Gasteiger partial charge in [-0.1, -0.05) is 13.3 Å². The van der Waals surface area contributed by atoms with Crippen LogP contribution < -0.4 is 11.1 Å². The Labute approximate surface area is 115 Å². The highest BCUT2D eigenvalue weighted by molar-refractivity contribution is 5.76. The van der Waals surface area contributed by atoms with Crippen LogP contribution in [0.3, 0.4) is 0 Å². The maximum absolute atomic E-state index is 11.7.